The molecular weight excluding hydrogens is 266 g/mol. The Hall–Kier alpha value is -1.55. The molecule has 4 nitrogen and oxygen atoms in total. The van der Waals surface area contributed by atoms with Gasteiger partial charge in [0.1, 0.15) is 5.75 Å². The average molecular weight is 291 g/mol. The highest BCUT2D eigenvalue weighted by Gasteiger charge is 2.25. The normalized spacial score (nSPS) is 20.8. The molecule has 0 unspecified atom stereocenters. The van der Waals surface area contributed by atoms with Crippen LogP contribution in [0, 0.1) is 0 Å². The van der Waals surface area contributed by atoms with Gasteiger partial charge in [-0.3, -0.25) is 4.79 Å². The van der Waals surface area contributed by atoms with Gasteiger partial charge in [0.2, 0.25) is 0 Å². The molecule has 0 bridgehead atoms. The molecule has 1 saturated heterocycles. The maximum absolute atomic E-state index is 12.1. The molecule has 1 amide bonds. The summed E-state index contributed by atoms with van der Waals surface area (Å²) in [4.78, 5) is 12.1. The average Bonchev–Trinajstić information content (AvgIpc) is 3.02. The zero-order valence-electron chi connectivity index (χ0n) is 13.1. The van der Waals surface area contributed by atoms with Gasteiger partial charge in [0.15, 0.2) is 6.10 Å². The summed E-state index contributed by atoms with van der Waals surface area (Å²) in [5.41, 5.74) is 1.26. The molecule has 0 spiro atoms. The monoisotopic (exact) mass is 291 g/mol. The Morgan fingerprint density at radius 1 is 1.38 bits per heavy atom. The third-order valence-electron chi connectivity index (χ3n) is 3.91. The molecule has 1 N–H and O–H groups in total. The summed E-state index contributed by atoms with van der Waals surface area (Å²) in [6.45, 7) is 6.65. The number of carbonyl (C=O) groups is 1. The largest absolute Gasteiger partial charge is 0.481 e. The second kappa shape index (κ2) is 7.46. The van der Waals surface area contributed by atoms with Gasteiger partial charge in [0, 0.05) is 6.61 Å². The van der Waals surface area contributed by atoms with Crippen molar-refractivity contribution in [3.63, 3.8) is 0 Å². The molecule has 0 aliphatic carbocycles. The first-order valence-electron chi connectivity index (χ1n) is 7.77. The molecule has 0 radical (unpaired) electrons. The topological polar surface area (TPSA) is 47.6 Å². The van der Waals surface area contributed by atoms with E-state index < -0.39 is 6.10 Å². The lowest BCUT2D eigenvalue weighted by atomic mass is 10.1. The summed E-state index contributed by atoms with van der Waals surface area (Å²) < 4.78 is 11.3. The van der Waals surface area contributed by atoms with Crippen LogP contribution in [0.5, 0.6) is 5.75 Å². The van der Waals surface area contributed by atoms with Crippen LogP contribution in [0.4, 0.5) is 0 Å². The van der Waals surface area contributed by atoms with Gasteiger partial charge >= 0.3 is 0 Å². The van der Waals surface area contributed by atoms with E-state index in [2.05, 4.69) is 12.2 Å². The summed E-state index contributed by atoms with van der Waals surface area (Å²) in [5, 5.41) is 2.98. The fraction of sp³-hybridized carbons (Fsp3) is 0.588. The fourth-order valence-corrected chi connectivity index (χ4v) is 2.49. The quantitative estimate of drug-likeness (QED) is 0.876. The summed E-state index contributed by atoms with van der Waals surface area (Å²) >= 11 is 0. The highest BCUT2D eigenvalue weighted by molar-refractivity contribution is 5.81. The predicted molar refractivity (Wildman–Crippen MR) is 82.5 cm³/mol. The highest BCUT2D eigenvalue weighted by atomic mass is 16.5. The van der Waals surface area contributed by atoms with Crippen LogP contribution in [0.15, 0.2) is 24.3 Å². The standard InChI is InChI=1S/C17H25NO3/c1-4-14-7-9-15(10-8-14)21-13(3)17(19)18-12(2)16-6-5-11-20-16/h7-10,12-13,16H,4-6,11H2,1-3H3,(H,18,19)/t12-,13+,16-/m0/s1. The number of amides is 1. The van der Waals surface area contributed by atoms with Crippen molar-refractivity contribution < 1.29 is 14.3 Å². The Kier molecular flexibility index (Phi) is 5.62. The zero-order valence-corrected chi connectivity index (χ0v) is 13.1. The second-order valence-corrected chi connectivity index (χ2v) is 5.61. The molecule has 4 heteroatoms. The van der Waals surface area contributed by atoms with Crippen molar-refractivity contribution in [2.75, 3.05) is 6.61 Å². The van der Waals surface area contributed by atoms with E-state index in [9.17, 15) is 4.79 Å². The molecular formula is C17H25NO3. The Labute approximate surface area is 126 Å². The molecule has 1 aromatic rings. The molecule has 1 aliphatic rings. The SMILES string of the molecule is CCc1ccc(O[C@H](C)C(=O)N[C@@H](C)[C@@H]2CCCO2)cc1. The number of nitrogens with one attached hydrogen (secondary N) is 1. The van der Waals surface area contributed by atoms with Gasteiger partial charge in [-0.25, -0.2) is 0 Å². The summed E-state index contributed by atoms with van der Waals surface area (Å²) in [6, 6.07) is 7.89. The first-order chi connectivity index (χ1) is 10.1. The van der Waals surface area contributed by atoms with Crippen molar-refractivity contribution >= 4 is 5.91 Å². The predicted octanol–water partition coefficient (Wildman–Crippen LogP) is 2.70. The molecule has 1 fully saturated rings. The zero-order chi connectivity index (χ0) is 15.2. The highest BCUT2D eigenvalue weighted by Crippen LogP contribution is 2.17. The van der Waals surface area contributed by atoms with E-state index in [-0.39, 0.29) is 18.1 Å². The minimum Gasteiger partial charge on any atom is -0.481 e. The van der Waals surface area contributed by atoms with E-state index in [1.165, 1.54) is 5.56 Å². The molecule has 1 heterocycles. The van der Waals surface area contributed by atoms with Gasteiger partial charge in [0.25, 0.3) is 5.91 Å². The fourth-order valence-electron chi connectivity index (χ4n) is 2.49. The third kappa shape index (κ3) is 4.46. The van der Waals surface area contributed by atoms with E-state index in [4.69, 9.17) is 9.47 Å². The Bertz CT molecular complexity index is 452. The van der Waals surface area contributed by atoms with Crippen LogP contribution in [0.25, 0.3) is 0 Å². The number of rotatable bonds is 6. The number of carbonyl (C=O) groups excluding carboxylic acids is 1. The van der Waals surface area contributed by atoms with Crippen LogP contribution >= 0.6 is 0 Å². The Morgan fingerprint density at radius 3 is 2.67 bits per heavy atom. The van der Waals surface area contributed by atoms with Crippen LogP contribution in [-0.2, 0) is 16.0 Å². The molecule has 1 aromatic carbocycles. The number of benzene rings is 1. The Morgan fingerprint density at radius 2 is 2.10 bits per heavy atom. The van der Waals surface area contributed by atoms with Crippen LogP contribution in [0.3, 0.4) is 0 Å². The van der Waals surface area contributed by atoms with E-state index in [1.54, 1.807) is 6.92 Å². The van der Waals surface area contributed by atoms with Crippen molar-refractivity contribution in [3.8, 4) is 5.75 Å². The van der Waals surface area contributed by atoms with Gasteiger partial charge < -0.3 is 14.8 Å². The van der Waals surface area contributed by atoms with Crippen molar-refractivity contribution in [3.05, 3.63) is 29.8 Å². The lowest BCUT2D eigenvalue weighted by Gasteiger charge is -2.22. The van der Waals surface area contributed by atoms with Gasteiger partial charge in [-0.1, -0.05) is 19.1 Å². The van der Waals surface area contributed by atoms with Crippen LogP contribution in [0.1, 0.15) is 39.2 Å². The lowest BCUT2D eigenvalue weighted by molar-refractivity contribution is -0.128. The molecule has 1 aliphatic heterocycles. The number of aryl methyl sites for hydroxylation is 1. The lowest BCUT2D eigenvalue weighted by Crippen LogP contribution is -2.46. The minimum atomic E-state index is -0.513. The molecule has 21 heavy (non-hydrogen) atoms. The number of ether oxygens (including phenoxy) is 2. The van der Waals surface area contributed by atoms with E-state index in [1.807, 2.05) is 31.2 Å². The molecule has 116 valence electrons. The third-order valence-corrected chi connectivity index (χ3v) is 3.91. The first kappa shape index (κ1) is 15.8. The van der Waals surface area contributed by atoms with Crippen LogP contribution < -0.4 is 10.1 Å². The Balaban J connectivity index is 1.83. The van der Waals surface area contributed by atoms with E-state index >= 15 is 0 Å². The van der Waals surface area contributed by atoms with Crippen LogP contribution in [0.2, 0.25) is 0 Å². The van der Waals surface area contributed by atoms with Crippen molar-refractivity contribution in [1.82, 2.24) is 5.32 Å². The number of hydrogen-bond donors (Lipinski definition) is 1. The van der Waals surface area contributed by atoms with Crippen molar-refractivity contribution in [1.29, 1.82) is 0 Å². The molecule has 0 saturated carbocycles. The van der Waals surface area contributed by atoms with E-state index in [0.29, 0.717) is 0 Å². The maximum atomic E-state index is 12.1. The molecule has 3 atom stereocenters. The first-order valence-corrected chi connectivity index (χ1v) is 7.77. The summed E-state index contributed by atoms with van der Waals surface area (Å²) in [7, 11) is 0. The van der Waals surface area contributed by atoms with Crippen LogP contribution in [-0.4, -0.2) is 30.8 Å². The molecule has 0 aromatic heterocycles. The van der Waals surface area contributed by atoms with Gasteiger partial charge in [0.05, 0.1) is 12.1 Å². The van der Waals surface area contributed by atoms with Gasteiger partial charge in [-0.05, 0) is 50.8 Å². The molecule has 2 rings (SSSR count). The smallest absolute Gasteiger partial charge is 0.261 e. The van der Waals surface area contributed by atoms with Crippen molar-refractivity contribution in [2.45, 2.75) is 58.3 Å². The maximum Gasteiger partial charge on any atom is 0.261 e. The summed E-state index contributed by atoms with van der Waals surface area (Å²) in [6.07, 6.45) is 2.69. The summed E-state index contributed by atoms with van der Waals surface area (Å²) in [5.74, 6) is 0.622. The van der Waals surface area contributed by atoms with E-state index in [0.717, 1.165) is 31.6 Å². The van der Waals surface area contributed by atoms with Gasteiger partial charge in [-0.2, -0.15) is 0 Å². The van der Waals surface area contributed by atoms with Crippen molar-refractivity contribution in [2.24, 2.45) is 0 Å². The second-order valence-electron chi connectivity index (χ2n) is 5.61. The minimum absolute atomic E-state index is 0.0218. The van der Waals surface area contributed by atoms with Gasteiger partial charge in [-0.15, -0.1) is 0 Å². The number of hydrogen-bond acceptors (Lipinski definition) is 3.